The van der Waals surface area contributed by atoms with Crippen molar-refractivity contribution >= 4 is 11.6 Å². The fourth-order valence-corrected chi connectivity index (χ4v) is 2.89. The van der Waals surface area contributed by atoms with Crippen LogP contribution in [0, 0.1) is 0 Å². The average Bonchev–Trinajstić information content (AvgIpc) is 3.16. The number of anilines is 1. The summed E-state index contributed by atoms with van der Waals surface area (Å²) in [7, 11) is 0. The first-order valence-electron chi connectivity index (χ1n) is 9.09. The summed E-state index contributed by atoms with van der Waals surface area (Å²) >= 11 is 0. The Bertz CT molecular complexity index is 708. The van der Waals surface area contributed by atoms with Crippen molar-refractivity contribution in [3.63, 3.8) is 0 Å². The van der Waals surface area contributed by atoms with Crippen molar-refractivity contribution in [1.82, 2.24) is 0 Å². The van der Waals surface area contributed by atoms with E-state index in [-0.39, 0.29) is 12.0 Å². The van der Waals surface area contributed by atoms with Gasteiger partial charge in [-0.15, -0.1) is 0 Å². The molecule has 1 atom stereocenters. The Labute approximate surface area is 154 Å². The van der Waals surface area contributed by atoms with Crippen molar-refractivity contribution < 1.29 is 19.0 Å². The monoisotopic (exact) mass is 355 g/mol. The number of amides is 1. The van der Waals surface area contributed by atoms with Crippen LogP contribution in [0.2, 0.25) is 0 Å². The second-order valence-corrected chi connectivity index (χ2v) is 6.28. The molecule has 1 unspecified atom stereocenters. The van der Waals surface area contributed by atoms with Gasteiger partial charge in [-0.3, -0.25) is 4.79 Å². The van der Waals surface area contributed by atoms with Gasteiger partial charge in [0.05, 0.1) is 19.1 Å². The summed E-state index contributed by atoms with van der Waals surface area (Å²) in [6.45, 7) is 3.93. The highest BCUT2D eigenvalue weighted by Crippen LogP contribution is 2.20. The molecule has 1 heterocycles. The van der Waals surface area contributed by atoms with Crippen molar-refractivity contribution in [2.45, 2.75) is 32.3 Å². The molecule has 138 valence electrons. The molecular weight excluding hydrogens is 330 g/mol. The summed E-state index contributed by atoms with van der Waals surface area (Å²) in [5, 5.41) is 2.92. The van der Waals surface area contributed by atoms with Crippen molar-refractivity contribution in [2.75, 3.05) is 25.1 Å². The summed E-state index contributed by atoms with van der Waals surface area (Å²) < 4.78 is 16.7. The lowest BCUT2D eigenvalue weighted by Gasteiger charge is -2.12. The highest BCUT2D eigenvalue weighted by Gasteiger charge is 2.16. The van der Waals surface area contributed by atoms with Gasteiger partial charge in [-0.1, -0.05) is 18.2 Å². The molecule has 5 heteroatoms. The van der Waals surface area contributed by atoms with Gasteiger partial charge >= 0.3 is 0 Å². The highest BCUT2D eigenvalue weighted by molar-refractivity contribution is 5.92. The number of benzene rings is 2. The minimum absolute atomic E-state index is 0.0644. The molecule has 5 nitrogen and oxygen atoms in total. The van der Waals surface area contributed by atoms with E-state index in [1.54, 1.807) is 0 Å². The Kier molecular flexibility index (Phi) is 6.50. The van der Waals surface area contributed by atoms with Gasteiger partial charge in [-0.05, 0) is 49.6 Å². The van der Waals surface area contributed by atoms with E-state index < -0.39 is 0 Å². The van der Waals surface area contributed by atoms with Crippen molar-refractivity contribution in [3.8, 4) is 11.5 Å². The van der Waals surface area contributed by atoms with Crippen molar-refractivity contribution in [1.29, 1.82) is 0 Å². The molecule has 1 saturated heterocycles. The molecule has 0 bridgehead atoms. The third kappa shape index (κ3) is 5.49. The standard InChI is InChI=1S/C21H25NO4/c1-2-24-18-10-8-16(9-11-18)13-21(23)22-17-5-3-6-19(14-17)26-15-20-7-4-12-25-20/h3,5-6,8-11,14,20H,2,4,7,12-13,15H2,1H3,(H,22,23). The molecule has 1 aliphatic rings. The molecule has 3 rings (SSSR count). The van der Waals surface area contributed by atoms with E-state index in [0.29, 0.717) is 19.6 Å². The zero-order valence-corrected chi connectivity index (χ0v) is 15.1. The van der Waals surface area contributed by atoms with E-state index in [1.807, 2.05) is 55.5 Å². The lowest BCUT2D eigenvalue weighted by molar-refractivity contribution is -0.115. The summed E-state index contributed by atoms with van der Waals surface area (Å²) in [6, 6.07) is 15.0. The van der Waals surface area contributed by atoms with Gasteiger partial charge in [0.2, 0.25) is 5.91 Å². The average molecular weight is 355 g/mol. The van der Waals surface area contributed by atoms with Crippen LogP contribution in [0.25, 0.3) is 0 Å². The number of nitrogens with one attached hydrogen (secondary N) is 1. The second kappa shape index (κ2) is 9.25. The Morgan fingerprint density at radius 2 is 2.00 bits per heavy atom. The van der Waals surface area contributed by atoms with E-state index in [9.17, 15) is 4.79 Å². The molecule has 0 aliphatic carbocycles. The lowest BCUT2D eigenvalue weighted by atomic mass is 10.1. The van der Waals surface area contributed by atoms with Gasteiger partial charge in [0.15, 0.2) is 0 Å². The first-order chi connectivity index (χ1) is 12.7. The zero-order valence-electron chi connectivity index (χ0n) is 15.1. The van der Waals surface area contributed by atoms with Crippen LogP contribution in [0.1, 0.15) is 25.3 Å². The molecule has 1 amide bonds. The smallest absolute Gasteiger partial charge is 0.228 e. The van der Waals surface area contributed by atoms with Gasteiger partial charge in [-0.2, -0.15) is 0 Å². The molecule has 1 fully saturated rings. The Morgan fingerprint density at radius 3 is 2.73 bits per heavy atom. The van der Waals surface area contributed by atoms with Gasteiger partial charge in [0.1, 0.15) is 18.1 Å². The quantitative estimate of drug-likeness (QED) is 0.782. The summed E-state index contributed by atoms with van der Waals surface area (Å²) in [4.78, 5) is 12.3. The molecule has 0 saturated carbocycles. The number of carbonyl (C=O) groups is 1. The van der Waals surface area contributed by atoms with Crippen LogP contribution in [0.4, 0.5) is 5.69 Å². The maximum absolute atomic E-state index is 12.3. The largest absolute Gasteiger partial charge is 0.494 e. The van der Waals surface area contributed by atoms with Gasteiger partial charge in [0, 0.05) is 18.4 Å². The van der Waals surface area contributed by atoms with E-state index in [0.717, 1.165) is 42.2 Å². The topological polar surface area (TPSA) is 56.8 Å². The maximum atomic E-state index is 12.3. The molecule has 0 spiro atoms. The second-order valence-electron chi connectivity index (χ2n) is 6.28. The summed E-state index contributed by atoms with van der Waals surface area (Å²) in [5.74, 6) is 1.48. The number of rotatable bonds is 8. The van der Waals surface area contributed by atoms with Gasteiger partial charge < -0.3 is 19.5 Å². The minimum atomic E-state index is -0.0644. The fraction of sp³-hybridized carbons (Fsp3) is 0.381. The van der Waals surface area contributed by atoms with Crippen LogP contribution in [0.15, 0.2) is 48.5 Å². The molecule has 26 heavy (non-hydrogen) atoms. The Hall–Kier alpha value is -2.53. The van der Waals surface area contributed by atoms with E-state index in [2.05, 4.69) is 5.32 Å². The van der Waals surface area contributed by atoms with Crippen LogP contribution in [0.3, 0.4) is 0 Å². The van der Waals surface area contributed by atoms with Gasteiger partial charge in [0.25, 0.3) is 0 Å². The fourth-order valence-electron chi connectivity index (χ4n) is 2.89. The van der Waals surface area contributed by atoms with E-state index in [4.69, 9.17) is 14.2 Å². The normalized spacial score (nSPS) is 16.3. The third-order valence-corrected chi connectivity index (χ3v) is 4.18. The molecule has 1 aliphatic heterocycles. The number of hydrogen-bond acceptors (Lipinski definition) is 4. The lowest BCUT2D eigenvalue weighted by Crippen LogP contribution is -2.17. The third-order valence-electron chi connectivity index (χ3n) is 4.18. The van der Waals surface area contributed by atoms with E-state index >= 15 is 0 Å². The zero-order chi connectivity index (χ0) is 18.2. The molecule has 0 aromatic heterocycles. The van der Waals surface area contributed by atoms with E-state index in [1.165, 1.54) is 0 Å². The SMILES string of the molecule is CCOc1ccc(CC(=O)Nc2cccc(OCC3CCCO3)c2)cc1. The Balaban J connectivity index is 1.50. The predicted octanol–water partition coefficient (Wildman–Crippen LogP) is 3.82. The number of carbonyl (C=O) groups excluding carboxylic acids is 1. The minimum Gasteiger partial charge on any atom is -0.494 e. The van der Waals surface area contributed by atoms with Crippen LogP contribution in [-0.4, -0.2) is 31.8 Å². The highest BCUT2D eigenvalue weighted by atomic mass is 16.5. The summed E-state index contributed by atoms with van der Waals surface area (Å²) in [5.41, 5.74) is 1.67. The molecule has 1 N–H and O–H groups in total. The molecule has 2 aromatic rings. The van der Waals surface area contributed by atoms with Crippen LogP contribution < -0.4 is 14.8 Å². The van der Waals surface area contributed by atoms with Crippen LogP contribution in [-0.2, 0) is 16.0 Å². The first kappa shape index (κ1) is 18.3. The molecular formula is C21H25NO4. The number of hydrogen-bond donors (Lipinski definition) is 1. The van der Waals surface area contributed by atoms with Crippen LogP contribution in [0.5, 0.6) is 11.5 Å². The molecule has 2 aromatic carbocycles. The number of ether oxygens (including phenoxy) is 3. The molecule has 0 radical (unpaired) electrons. The predicted molar refractivity (Wildman–Crippen MR) is 101 cm³/mol. The first-order valence-corrected chi connectivity index (χ1v) is 9.09. The van der Waals surface area contributed by atoms with Crippen molar-refractivity contribution in [2.24, 2.45) is 0 Å². The maximum Gasteiger partial charge on any atom is 0.228 e. The van der Waals surface area contributed by atoms with Crippen LogP contribution >= 0.6 is 0 Å². The van der Waals surface area contributed by atoms with Gasteiger partial charge in [-0.25, -0.2) is 0 Å². The van der Waals surface area contributed by atoms with Crippen molar-refractivity contribution in [3.05, 3.63) is 54.1 Å². The Morgan fingerprint density at radius 1 is 1.15 bits per heavy atom. The summed E-state index contributed by atoms with van der Waals surface area (Å²) in [6.07, 6.45) is 2.62.